The van der Waals surface area contributed by atoms with Crippen molar-refractivity contribution in [3.8, 4) is 23.3 Å². The van der Waals surface area contributed by atoms with E-state index in [-0.39, 0.29) is 11.7 Å². The molecule has 1 amide bonds. The number of hydrogen-bond donors (Lipinski definition) is 1. The number of hydrogen-bond acceptors (Lipinski definition) is 5. The van der Waals surface area contributed by atoms with Gasteiger partial charge >= 0.3 is 0 Å². The summed E-state index contributed by atoms with van der Waals surface area (Å²) in [6.45, 7) is 6.69. The quantitative estimate of drug-likeness (QED) is 0.251. The zero-order valence-corrected chi connectivity index (χ0v) is 19.3. The molecular formula is C26H32N2O4. The van der Waals surface area contributed by atoms with E-state index in [0.717, 1.165) is 12.8 Å². The Bertz CT molecular complexity index is 943. The highest BCUT2D eigenvalue weighted by molar-refractivity contribution is 6.09. The van der Waals surface area contributed by atoms with Crippen LogP contribution in [0.2, 0.25) is 0 Å². The third-order valence-corrected chi connectivity index (χ3v) is 4.60. The van der Waals surface area contributed by atoms with E-state index in [1.165, 1.54) is 18.9 Å². The van der Waals surface area contributed by atoms with Crippen molar-refractivity contribution in [3.63, 3.8) is 0 Å². The van der Waals surface area contributed by atoms with Gasteiger partial charge in [0.2, 0.25) is 0 Å². The maximum atomic E-state index is 12.6. The molecule has 0 bridgehead atoms. The molecule has 6 nitrogen and oxygen atoms in total. The van der Waals surface area contributed by atoms with Crippen LogP contribution in [0.25, 0.3) is 6.08 Å². The number of nitrogens with one attached hydrogen (secondary N) is 1. The molecule has 0 saturated heterocycles. The lowest BCUT2D eigenvalue weighted by molar-refractivity contribution is -0.112. The summed E-state index contributed by atoms with van der Waals surface area (Å²) in [4.78, 5) is 12.6. The highest BCUT2D eigenvalue weighted by Gasteiger charge is 2.12. The molecule has 0 aliphatic heterocycles. The second-order valence-electron chi connectivity index (χ2n) is 7.63. The number of carbonyl (C=O) groups is 1. The molecule has 0 unspecified atom stereocenters. The van der Waals surface area contributed by atoms with Gasteiger partial charge in [-0.25, -0.2) is 0 Å². The van der Waals surface area contributed by atoms with Crippen LogP contribution in [-0.2, 0) is 4.79 Å². The molecule has 0 fully saturated rings. The number of anilines is 1. The minimum Gasteiger partial charge on any atom is -0.493 e. The van der Waals surface area contributed by atoms with E-state index < -0.39 is 5.91 Å². The van der Waals surface area contributed by atoms with Gasteiger partial charge < -0.3 is 19.5 Å². The van der Waals surface area contributed by atoms with Gasteiger partial charge in [0, 0.05) is 5.69 Å². The molecule has 2 aromatic carbocycles. The van der Waals surface area contributed by atoms with Crippen LogP contribution in [0.5, 0.6) is 17.2 Å². The van der Waals surface area contributed by atoms with Crippen molar-refractivity contribution in [3.05, 3.63) is 53.6 Å². The van der Waals surface area contributed by atoms with Crippen LogP contribution < -0.4 is 19.5 Å². The molecule has 0 saturated carbocycles. The van der Waals surface area contributed by atoms with Gasteiger partial charge in [-0.3, -0.25) is 4.79 Å². The summed E-state index contributed by atoms with van der Waals surface area (Å²) < 4.78 is 16.8. The summed E-state index contributed by atoms with van der Waals surface area (Å²) in [5, 5.41) is 12.2. The molecule has 0 heterocycles. The van der Waals surface area contributed by atoms with Crippen LogP contribution in [0.3, 0.4) is 0 Å². The van der Waals surface area contributed by atoms with Gasteiger partial charge in [0.05, 0.1) is 19.8 Å². The maximum Gasteiger partial charge on any atom is 0.266 e. The van der Waals surface area contributed by atoms with Crippen LogP contribution in [0.15, 0.2) is 48.0 Å². The number of nitrogens with zero attached hydrogens (tertiary/aromatic N) is 1. The first-order valence-corrected chi connectivity index (χ1v) is 11.0. The van der Waals surface area contributed by atoms with Gasteiger partial charge in [-0.1, -0.05) is 32.3 Å². The molecule has 6 heteroatoms. The fraction of sp³-hybridized carbons (Fsp3) is 0.385. The first-order valence-electron chi connectivity index (χ1n) is 11.0. The Morgan fingerprint density at radius 1 is 1.09 bits per heavy atom. The molecule has 0 aliphatic carbocycles. The van der Waals surface area contributed by atoms with E-state index in [4.69, 9.17) is 14.2 Å². The van der Waals surface area contributed by atoms with Gasteiger partial charge in [-0.05, 0) is 68.3 Å². The van der Waals surface area contributed by atoms with Crippen LogP contribution in [0, 0.1) is 11.3 Å². The molecule has 0 radical (unpaired) electrons. The predicted octanol–water partition coefficient (Wildman–Crippen LogP) is 5.99. The highest BCUT2D eigenvalue weighted by atomic mass is 16.5. The lowest BCUT2D eigenvalue weighted by atomic mass is 10.1. The molecule has 0 aliphatic rings. The monoisotopic (exact) mass is 436 g/mol. The zero-order valence-electron chi connectivity index (χ0n) is 19.3. The molecule has 2 rings (SSSR count). The Hall–Kier alpha value is -3.46. The standard InChI is InChI=1S/C26H32N2O4/c1-5-6-7-8-15-31-24-14-9-20(17-25(24)30-4)16-21(18-27)26(29)28-22-10-12-23(13-11-22)32-19(2)3/h9-14,16-17,19H,5-8,15H2,1-4H3,(H,28,29)/b21-16+. The van der Waals surface area contributed by atoms with Crippen molar-refractivity contribution < 1.29 is 19.0 Å². The number of amides is 1. The first-order chi connectivity index (χ1) is 15.5. The number of methoxy groups -OCH3 is 1. The van der Waals surface area contributed by atoms with E-state index in [1.807, 2.05) is 19.9 Å². The van der Waals surface area contributed by atoms with Crippen molar-refractivity contribution >= 4 is 17.7 Å². The van der Waals surface area contributed by atoms with E-state index in [0.29, 0.717) is 35.1 Å². The van der Waals surface area contributed by atoms with E-state index >= 15 is 0 Å². The average Bonchev–Trinajstić information content (AvgIpc) is 2.78. The van der Waals surface area contributed by atoms with Crippen LogP contribution >= 0.6 is 0 Å². The molecular weight excluding hydrogens is 404 g/mol. The van der Waals surface area contributed by atoms with Gasteiger partial charge in [-0.15, -0.1) is 0 Å². The fourth-order valence-electron chi connectivity index (χ4n) is 3.01. The predicted molar refractivity (Wildman–Crippen MR) is 127 cm³/mol. The summed E-state index contributed by atoms with van der Waals surface area (Å²) in [5.41, 5.74) is 1.24. The molecule has 0 spiro atoms. The number of benzene rings is 2. The first kappa shape index (κ1) is 24.8. The average molecular weight is 437 g/mol. The summed E-state index contributed by atoms with van der Waals surface area (Å²) >= 11 is 0. The van der Waals surface area contributed by atoms with Crippen molar-refractivity contribution in [2.75, 3.05) is 19.0 Å². The molecule has 170 valence electrons. The number of nitriles is 1. The van der Waals surface area contributed by atoms with Crippen LogP contribution in [-0.4, -0.2) is 25.7 Å². The van der Waals surface area contributed by atoms with Gasteiger partial charge in [0.15, 0.2) is 11.5 Å². The second-order valence-corrected chi connectivity index (χ2v) is 7.63. The smallest absolute Gasteiger partial charge is 0.266 e. The summed E-state index contributed by atoms with van der Waals surface area (Å²) in [6, 6.07) is 14.3. The Kier molecular flexibility index (Phi) is 10.1. The largest absolute Gasteiger partial charge is 0.493 e. The zero-order chi connectivity index (χ0) is 23.3. The molecule has 32 heavy (non-hydrogen) atoms. The lowest BCUT2D eigenvalue weighted by Gasteiger charge is -2.12. The van der Waals surface area contributed by atoms with E-state index in [9.17, 15) is 10.1 Å². The number of carbonyl (C=O) groups excluding carboxylic acids is 1. The number of unbranched alkanes of at least 4 members (excludes halogenated alkanes) is 3. The Morgan fingerprint density at radius 2 is 1.84 bits per heavy atom. The Balaban J connectivity index is 2.06. The topological polar surface area (TPSA) is 80.6 Å². The summed E-state index contributed by atoms with van der Waals surface area (Å²) in [5.74, 6) is 1.44. The van der Waals surface area contributed by atoms with Gasteiger partial charge in [0.25, 0.3) is 5.91 Å². The highest BCUT2D eigenvalue weighted by Crippen LogP contribution is 2.29. The van der Waals surface area contributed by atoms with Gasteiger partial charge in [0.1, 0.15) is 17.4 Å². The molecule has 2 aromatic rings. The maximum absolute atomic E-state index is 12.6. The Morgan fingerprint density at radius 3 is 2.47 bits per heavy atom. The summed E-state index contributed by atoms with van der Waals surface area (Å²) in [6.07, 6.45) is 6.09. The molecule has 0 aromatic heterocycles. The van der Waals surface area contributed by atoms with Crippen molar-refractivity contribution in [2.24, 2.45) is 0 Å². The second kappa shape index (κ2) is 13.1. The minimum absolute atomic E-state index is 0.0113. The normalized spacial score (nSPS) is 11.1. The fourth-order valence-corrected chi connectivity index (χ4v) is 3.01. The van der Waals surface area contributed by atoms with Gasteiger partial charge in [-0.2, -0.15) is 5.26 Å². The Labute approximate surface area is 190 Å². The van der Waals surface area contributed by atoms with Crippen molar-refractivity contribution in [1.82, 2.24) is 0 Å². The van der Waals surface area contributed by atoms with Crippen molar-refractivity contribution in [1.29, 1.82) is 5.26 Å². The third kappa shape index (κ3) is 7.99. The summed E-state index contributed by atoms with van der Waals surface area (Å²) in [7, 11) is 1.57. The number of ether oxygens (including phenoxy) is 3. The van der Waals surface area contributed by atoms with Crippen molar-refractivity contribution in [2.45, 2.75) is 52.6 Å². The van der Waals surface area contributed by atoms with E-state index in [1.54, 1.807) is 49.6 Å². The lowest BCUT2D eigenvalue weighted by Crippen LogP contribution is -2.13. The minimum atomic E-state index is -0.486. The SMILES string of the molecule is CCCCCCOc1ccc(/C=C(\C#N)C(=O)Nc2ccc(OC(C)C)cc2)cc1OC. The number of rotatable bonds is 12. The molecule has 1 N–H and O–H groups in total. The molecule has 0 atom stereocenters. The van der Waals surface area contributed by atoms with E-state index in [2.05, 4.69) is 12.2 Å². The third-order valence-electron chi connectivity index (χ3n) is 4.60. The van der Waals surface area contributed by atoms with Crippen LogP contribution in [0.1, 0.15) is 52.0 Å². The van der Waals surface area contributed by atoms with Crippen LogP contribution in [0.4, 0.5) is 5.69 Å².